The molecule has 0 aliphatic heterocycles. The molecule has 0 spiro atoms. The third-order valence-corrected chi connectivity index (χ3v) is 7.23. The molecule has 2 aromatic heterocycles. The summed E-state index contributed by atoms with van der Waals surface area (Å²) in [4.78, 5) is 31.9. The lowest BCUT2D eigenvalue weighted by atomic mass is 10.1. The normalized spacial score (nSPS) is 13.1. The van der Waals surface area contributed by atoms with Crippen LogP contribution in [-0.4, -0.2) is 21.2 Å². The van der Waals surface area contributed by atoms with Crippen LogP contribution < -0.4 is 10.9 Å². The predicted molar refractivity (Wildman–Crippen MR) is 117 cm³/mol. The van der Waals surface area contributed by atoms with Crippen molar-refractivity contribution < 1.29 is 4.79 Å². The number of benzene rings is 1. The number of thioether (sulfide) groups is 1. The van der Waals surface area contributed by atoms with Crippen molar-refractivity contribution in [2.24, 2.45) is 7.05 Å². The van der Waals surface area contributed by atoms with Gasteiger partial charge in [-0.2, -0.15) is 0 Å². The summed E-state index contributed by atoms with van der Waals surface area (Å²) in [5, 5.41) is 4.28. The summed E-state index contributed by atoms with van der Waals surface area (Å²) in [5.41, 5.74) is 3.25. The van der Waals surface area contributed by atoms with E-state index in [2.05, 4.69) is 17.2 Å². The van der Waals surface area contributed by atoms with E-state index >= 15 is 0 Å². The third kappa shape index (κ3) is 3.73. The molecule has 2 heterocycles. The summed E-state index contributed by atoms with van der Waals surface area (Å²) in [6.45, 7) is 2.15. The van der Waals surface area contributed by atoms with E-state index in [9.17, 15) is 9.59 Å². The number of nitrogens with zero attached hydrogens (tertiary/aromatic N) is 2. The van der Waals surface area contributed by atoms with E-state index in [1.165, 1.54) is 27.8 Å². The van der Waals surface area contributed by atoms with Gasteiger partial charge in [0.25, 0.3) is 5.56 Å². The van der Waals surface area contributed by atoms with Crippen molar-refractivity contribution in [2.45, 2.75) is 44.2 Å². The van der Waals surface area contributed by atoms with E-state index in [4.69, 9.17) is 0 Å². The smallest absolute Gasteiger partial charge is 0.262 e. The highest BCUT2D eigenvalue weighted by atomic mass is 32.2. The number of amides is 1. The lowest BCUT2D eigenvalue weighted by molar-refractivity contribution is -0.113. The van der Waals surface area contributed by atoms with Crippen molar-refractivity contribution in [1.82, 2.24) is 9.55 Å². The van der Waals surface area contributed by atoms with E-state index in [1.54, 1.807) is 23.0 Å². The minimum absolute atomic E-state index is 0.00109. The molecule has 0 fully saturated rings. The number of carbonyl (C=O) groups is 1. The number of aryl methyl sites for hydroxylation is 3. The van der Waals surface area contributed by atoms with E-state index in [-0.39, 0.29) is 17.2 Å². The largest absolute Gasteiger partial charge is 0.325 e. The second-order valence-corrected chi connectivity index (χ2v) is 9.11. The lowest BCUT2D eigenvalue weighted by Crippen LogP contribution is -2.21. The zero-order chi connectivity index (χ0) is 19.7. The molecular formula is C21H23N3O2S2. The van der Waals surface area contributed by atoms with Gasteiger partial charge in [0, 0.05) is 17.6 Å². The quantitative estimate of drug-likeness (QED) is 0.487. The van der Waals surface area contributed by atoms with E-state index < -0.39 is 0 Å². The Morgan fingerprint density at radius 1 is 1.29 bits per heavy atom. The fraction of sp³-hybridized carbons (Fsp3) is 0.381. The average Bonchev–Trinajstić information content (AvgIpc) is 3.26. The van der Waals surface area contributed by atoms with Gasteiger partial charge in [-0.1, -0.05) is 37.2 Å². The molecule has 4 rings (SSSR count). The van der Waals surface area contributed by atoms with Crippen LogP contribution in [0, 0.1) is 0 Å². The van der Waals surface area contributed by atoms with Crippen LogP contribution in [0.25, 0.3) is 10.2 Å². The molecule has 1 aromatic carbocycles. The zero-order valence-corrected chi connectivity index (χ0v) is 17.7. The molecule has 146 valence electrons. The number of carbonyl (C=O) groups excluding carboxylic acids is 1. The Morgan fingerprint density at radius 2 is 2.07 bits per heavy atom. The monoisotopic (exact) mass is 413 g/mol. The molecule has 0 unspecified atom stereocenters. The number of hydrogen-bond donors (Lipinski definition) is 1. The van der Waals surface area contributed by atoms with Crippen molar-refractivity contribution in [3.63, 3.8) is 0 Å². The number of fused-ring (bicyclic) bond motifs is 3. The number of aromatic nitrogens is 2. The first kappa shape index (κ1) is 19.2. The highest BCUT2D eigenvalue weighted by molar-refractivity contribution is 7.99. The second kappa shape index (κ2) is 8.09. The van der Waals surface area contributed by atoms with Gasteiger partial charge in [0.05, 0.1) is 11.1 Å². The molecule has 0 bridgehead atoms. The van der Waals surface area contributed by atoms with Gasteiger partial charge in [-0.25, -0.2) is 4.98 Å². The molecule has 5 nitrogen and oxygen atoms in total. The van der Waals surface area contributed by atoms with Crippen LogP contribution in [0.4, 0.5) is 5.69 Å². The summed E-state index contributed by atoms with van der Waals surface area (Å²) >= 11 is 2.93. The predicted octanol–water partition coefficient (Wildman–Crippen LogP) is 4.17. The SMILES string of the molecule is CCCc1ccc(NC(=O)CSc2nc3sc4c(c3c(=O)n2C)CCC4)cc1. The van der Waals surface area contributed by atoms with Crippen LogP contribution in [0.5, 0.6) is 0 Å². The van der Waals surface area contributed by atoms with Gasteiger partial charge in [-0.05, 0) is 48.9 Å². The first-order valence-electron chi connectivity index (χ1n) is 9.59. The van der Waals surface area contributed by atoms with Gasteiger partial charge in [0.2, 0.25) is 5.91 Å². The van der Waals surface area contributed by atoms with Gasteiger partial charge in [-0.3, -0.25) is 14.2 Å². The van der Waals surface area contributed by atoms with Crippen molar-refractivity contribution >= 4 is 44.9 Å². The Labute approximate surface area is 172 Å². The van der Waals surface area contributed by atoms with Crippen LogP contribution in [0.2, 0.25) is 0 Å². The van der Waals surface area contributed by atoms with Gasteiger partial charge in [0.15, 0.2) is 5.16 Å². The summed E-state index contributed by atoms with van der Waals surface area (Å²) in [5.74, 6) is 0.115. The maximum atomic E-state index is 12.8. The second-order valence-electron chi connectivity index (χ2n) is 7.08. The van der Waals surface area contributed by atoms with Gasteiger partial charge >= 0.3 is 0 Å². The third-order valence-electron chi connectivity index (χ3n) is 5.01. The number of thiophene rings is 1. The summed E-state index contributed by atoms with van der Waals surface area (Å²) in [7, 11) is 1.74. The number of nitrogens with one attached hydrogen (secondary N) is 1. The first-order chi connectivity index (χ1) is 13.6. The minimum Gasteiger partial charge on any atom is -0.325 e. The van der Waals surface area contributed by atoms with Gasteiger partial charge in [-0.15, -0.1) is 11.3 Å². The van der Waals surface area contributed by atoms with Crippen molar-refractivity contribution in [1.29, 1.82) is 0 Å². The van der Waals surface area contributed by atoms with Crippen LogP contribution in [-0.2, 0) is 31.1 Å². The molecule has 28 heavy (non-hydrogen) atoms. The fourth-order valence-electron chi connectivity index (χ4n) is 3.61. The molecule has 7 heteroatoms. The first-order valence-corrected chi connectivity index (χ1v) is 11.4. The standard InChI is InChI=1S/C21H23N3O2S2/c1-3-5-13-8-10-14(11-9-13)22-17(25)12-27-21-23-19-18(20(26)24(21)2)15-6-4-7-16(15)28-19/h8-11H,3-7,12H2,1-2H3,(H,22,25). The zero-order valence-electron chi connectivity index (χ0n) is 16.1. The molecule has 0 saturated heterocycles. The molecule has 0 radical (unpaired) electrons. The van der Waals surface area contributed by atoms with Crippen molar-refractivity contribution in [3.05, 3.63) is 50.6 Å². The minimum atomic E-state index is -0.101. The van der Waals surface area contributed by atoms with E-state index in [0.717, 1.165) is 48.0 Å². The molecule has 1 aliphatic rings. The number of hydrogen-bond acceptors (Lipinski definition) is 5. The topological polar surface area (TPSA) is 64.0 Å². The maximum absolute atomic E-state index is 12.8. The Balaban J connectivity index is 1.46. The summed E-state index contributed by atoms with van der Waals surface area (Å²) in [6.07, 6.45) is 5.28. The summed E-state index contributed by atoms with van der Waals surface area (Å²) in [6, 6.07) is 7.95. The van der Waals surface area contributed by atoms with Gasteiger partial charge < -0.3 is 5.32 Å². The van der Waals surface area contributed by atoms with E-state index in [1.807, 2.05) is 24.3 Å². The van der Waals surface area contributed by atoms with Crippen LogP contribution >= 0.6 is 23.1 Å². The molecule has 0 saturated carbocycles. The Hall–Kier alpha value is -2.12. The molecule has 1 N–H and O–H groups in total. The molecular weight excluding hydrogens is 390 g/mol. The Morgan fingerprint density at radius 3 is 2.82 bits per heavy atom. The van der Waals surface area contributed by atoms with Gasteiger partial charge in [0.1, 0.15) is 4.83 Å². The maximum Gasteiger partial charge on any atom is 0.262 e. The average molecular weight is 414 g/mol. The van der Waals surface area contributed by atoms with Crippen molar-refractivity contribution in [3.8, 4) is 0 Å². The highest BCUT2D eigenvalue weighted by Crippen LogP contribution is 2.35. The molecule has 3 aromatic rings. The molecule has 1 amide bonds. The van der Waals surface area contributed by atoms with Crippen LogP contribution in [0.3, 0.4) is 0 Å². The Kier molecular flexibility index (Phi) is 5.55. The fourth-order valence-corrected chi connectivity index (χ4v) is 5.68. The highest BCUT2D eigenvalue weighted by Gasteiger charge is 2.22. The van der Waals surface area contributed by atoms with Crippen LogP contribution in [0.1, 0.15) is 35.8 Å². The summed E-state index contributed by atoms with van der Waals surface area (Å²) < 4.78 is 1.57. The lowest BCUT2D eigenvalue weighted by Gasteiger charge is -2.09. The Bertz CT molecular complexity index is 1080. The number of anilines is 1. The number of rotatable bonds is 6. The van der Waals surface area contributed by atoms with E-state index in [0.29, 0.717) is 5.16 Å². The molecule has 1 aliphatic carbocycles. The van der Waals surface area contributed by atoms with Crippen LogP contribution in [0.15, 0.2) is 34.2 Å². The molecule has 0 atom stereocenters. The van der Waals surface area contributed by atoms with Crippen molar-refractivity contribution in [2.75, 3.05) is 11.1 Å².